The lowest BCUT2D eigenvalue weighted by molar-refractivity contribution is -0.401. The van der Waals surface area contributed by atoms with Gasteiger partial charge >= 0.3 is 0 Å². The van der Waals surface area contributed by atoms with Gasteiger partial charge in [0.2, 0.25) is 0 Å². The van der Waals surface area contributed by atoms with E-state index >= 15 is 0 Å². The molecule has 0 aromatic heterocycles. The molecule has 1 radical (unpaired) electrons. The van der Waals surface area contributed by atoms with Crippen LogP contribution in [0.15, 0.2) is 0 Å². The Bertz CT molecular complexity index is 122. The molecule has 0 aromatic rings. The van der Waals surface area contributed by atoms with Gasteiger partial charge in [0.25, 0.3) is 7.41 Å². The van der Waals surface area contributed by atoms with E-state index < -0.39 is 0 Å². The molecule has 11 heavy (non-hydrogen) atoms. The second-order valence-corrected chi connectivity index (χ2v) is 3.17. The minimum Gasteiger partial charge on any atom is -0.219 e. The van der Waals surface area contributed by atoms with Crippen LogP contribution in [0.1, 0.15) is 25.7 Å². The largest absolute Gasteiger partial charge is 0.250 e. The van der Waals surface area contributed by atoms with Crippen molar-refractivity contribution in [2.45, 2.75) is 38.0 Å². The van der Waals surface area contributed by atoms with Crippen LogP contribution in [-0.4, -0.2) is 25.0 Å². The van der Waals surface area contributed by atoms with Crippen molar-refractivity contribution < 1.29 is 9.88 Å². The van der Waals surface area contributed by atoms with Crippen molar-refractivity contribution in [1.29, 1.82) is 0 Å². The third-order valence-electron chi connectivity index (χ3n) is 2.04. The molecule has 2 fully saturated rings. The quantitative estimate of drug-likeness (QED) is 0.417. The van der Waals surface area contributed by atoms with Crippen LogP contribution < -0.4 is 0 Å². The van der Waals surface area contributed by atoms with Crippen LogP contribution in [0, 0.1) is 0 Å². The molecule has 0 spiro atoms. The highest BCUT2D eigenvalue weighted by molar-refractivity contribution is 6.31. The van der Waals surface area contributed by atoms with Gasteiger partial charge in [-0.15, -0.1) is 0 Å². The summed E-state index contributed by atoms with van der Waals surface area (Å²) in [5.41, 5.74) is 0. The molecule has 1 heterocycles. The SMILES string of the molecule is [B]1CCCCOON1C1CC1. The van der Waals surface area contributed by atoms with Crippen LogP contribution in [0.5, 0.6) is 0 Å². The number of nitrogens with zero attached hydrogens (tertiary/aromatic N) is 1. The number of hydroxylamine groups is 1. The van der Waals surface area contributed by atoms with Crippen LogP contribution in [0.25, 0.3) is 0 Å². The van der Waals surface area contributed by atoms with Crippen molar-refractivity contribution in [2.75, 3.05) is 6.61 Å². The fourth-order valence-electron chi connectivity index (χ4n) is 1.19. The van der Waals surface area contributed by atoms with Crippen LogP contribution in [0.4, 0.5) is 0 Å². The maximum Gasteiger partial charge on any atom is 0.250 e. The maximum absolute atomic E-state index is 5.08. The Kier molecular flexibility index (Phi) is 2.46. The second-order valence-electron chi connectivity index (χ2n) is 3.17. The normalized spacial score (nSPS) is 28.7. The van der Waals surface area contributed by atoms with Gasteiger partial charge in [-0.05, 0) is 19.3 Å². The molecule has 0 amide bonds. The van der Waals surface area contributed by atoms with E-state index in [0.29, 0.717) is 6.04 Å². The molecule has 0 atom stereocenters. The van der Waals surface area contributed by atoms with E-state index in [0.717, 1.165) is 19.3 Å². The Morgan fingerprint density at radius 3 is 3.00 bits per heavy atom. The van der Waals surface area contributed by atoms with E-state index in [2.05, 4.69) is 7.41 Å². The van der Waals surface area contributed by atoms with E-state index in [9.17, 15) is 0 Å². The lowest BCUT2D eigenvalue weighted by atomic mass is 9.85. The highest BCUT2D eigenvalue weighted by Crippen LogP contribution is 2.27. The van der Waals surface area contributed by atoms with Gasteiger partial charge in [0.15, 0.2) is 0 Å². The third-order valence-corrected chi connectivity index (χ3v) is 2.04. The lowest BCUT2D eigenvalue weighted by Gasteiger charge is -2.21. The molecule has 3 nitrogen and oxygen atoms in total. The summed E-state index contributed by atoms with van der Waals surface area (Å²) >= 11 is 0. The average Bonchev–Trinajstić information content (AvgIpc) is 2.68. The summed E-state index contributed by atoms with van der Waals surface area (Å²) in [6.07, 6.45) is 5.95. The van der Waals surface area contributed by atoms with E-state index in [-0.39, 0.29) is 0 Å². The van der Waals surface area contributed by atoms with E-state index in [1.807, 2.05) is 4.97 Å². The predicted molar refractivity (Wildman–Crippen MR) is 41.7 cm³/mol. The van der Waals surface area contributed by atoms with Gasteiger partial charge in [-0.1, -0.05) is 12.7 Å². The molecule has 61 valence electrons. The highest BCUT2D eigenvalue weighted by atomic mass is 17.3. The number of hydrogen-bond acceptors (Lipinski definition) is 3. The monoisotopic (exact) mass is 154 g/mol. The average molecular weight is 154 g/mol. The molecule has 2 rings (SSSR count). The Labute approximate surface area is 67.8 Å². The Morgan fingerprint density at radius 2 is 2.18 bits per heavy atom. The first kappa shape index (κ1) is 7.59. The van der Waals surface area contributed by atoms with Crippen molar-refractivity contribution in [2.24, 2.45) is 0 Å². The van der Waals surface area contributed by atoms with E-state index in [1.54, 1.807) is 0 Å². The molecule has 0 aromatic carbocycles. The fraction of sp³-hybridized carbons (Fsp3) is 1.00. The smallest absolute Gasteiger partial charge is 0.219 e. The minimum atomic E-state index is 0.605. The maximum atomic E-state index is 5.08. The molecule has 0 unspecified atom stereocenters. The summed E-state index contributed by atoms with van der Waals surface area (Å²) in [4.78, 5) is 11.9. The number of rotatable bonds is 1. The first-order valence-electron chi connectivity index (χ1n) is 4.38. The van der Waals surface area contributed by atoms with Gasteiger partial charge in [0, 0.05) is 6.04 Å². The molecule has 1 aliphatic heterocycles. The molecule has 2 aliphatic rings. The fourth-order valence-corrected chi connectivity index (χ4v) is 1.19. The first-order valence-corrected chi connectivity index (χ1v) is 4.38. The van der Waals surface area contributed by atoms with Crippen LogP contribution >= 0.6 is 0 Å². The van der Waals surface area contributed by atoms with Crippen molar-refractivity contribution >= 4 is 7.41 Å². The number of hydrogen-bond donors (Lipinski definition) is 0. The zero-order chi connectivity index (χ0) is 7.52. The summed E-state index contributed by atoms with van der Waals surface area (Å²) in [5, 5.41) is 0. The second kappa shape index (κ2) is 3.56. The van der Waals surface area contributed by atoms with Crippen molar-refractivity contribution in [1.82, 2.24) is 4.97 Å². The molecule has 4 heteroatoms. The zero-order valence-electron chi connectivity index (χ0n) is 6.66. The minimum absolute atomic E-state index is 0.605. The molecular weight excluding hydrogens is 141 g/mol. The Balaban J connectivity index is 1.76. The van der Waals surface area contributed by atoms with Gasteiger partial charge in [0.1, 0.15) is 0 Å². The van der Waals surface area contributed by atoms with Crippen LogP contribution in [0.3, 0.4) is 0 Å². The summed E-state index contributed by atoms with van der Waals surface area (Å²) in [6.45, 7) is 0.733. The Morgan fingerprint density at radius 1 is 1.27 bits per heavy atom. The summed E-state index contributed by atoms with van der Waals surface area (Å²) in [7, 11) is 2.11. The van der Waals surface area contributed by atoms with E-state index in [1.165, 1.54) is 19.3 Å². The molecule has 1 saturated carbocycles. The zero-order valence-corrected chi connectivity index (χ0v) is 6.66. The Hall–Kier alpha value is -0.0551. The molecule has 1 saturated heterocycles. The molecule has 0 bridgehead atoms. The molecule has 0 N–H and O–H groups in total. The van der Waals surface area contributed by atoms with Gasteiger partial charge in [-0.3, -0.25) is 0 Å². The summed E-state index contributed by atoms with van der Waals surface area (Å²) in [6, 6.07) is 0.605. The molecular formula is C7H13BNO2. The van der Waals surface area contributed by atoms with Gasteiger partial charge in [0.05, 0.1) is 6.61 Å². The summed E-state index contributed by atoms with van der Waals surface area (Å²) < 4.78 is 0. The van der Waals surface area contributed by atoms with Crippen LogP contribution in [0.2, 0.25) is 6.32 Å². The topological polar surface area (TPSA) is 21.7 Å². The molecule has 1 aliphatic carbocycles. The van der Waals surface area contributed by atoms with Crippen LogP contribution in [-0.2, 0) is 9.88 Å². The lowest BCUT2D eigenvalue weighted by Crippen LogP contribution is -2.31. The highest BCUT2D eigenvalue weighted by Gasteiger charge is 2.30. The standard InChI is InChI=1S/C7H13BNO2/c1-2-6-10-11-9(8-5-1)7-3-4-7/h7H,1-6H2. The van der Waals surface area contributed by atoms with Crippen molar-refractivity contribution in [3.8, 4) is 0 Å². The predicted octanol–water partition coefficient (Wildman–Crippen LogP) is 1.15. The van der Waals surface area contributed by atoms with Crippen molar-refractivity contribution in [3.05, 3.63) is 0 Å². The van der Waals surface area contributed by atoms with E-state index in [4.69, 9.17) is 9.88 Å². The van der Waals surface area contributed by atoms with Gasteiger partial charge in [-0.2, -0.15) is 4.99 Å². The third kappa shape index (κ3) is 2.19. The summed E-state index contributed by atoms with van der Waals surface area (Å²) in [5.74, 6) is 0. The van der Waals surface area contributed by atoms with Gasteiger partial charge < -0.3 is 0 Å². The van der Waals surface area contributed by atoms with Crippen molar-refractivity contribution in [3.63, 3.8) is 0 Å². The first-order chi connectivity index (χ1) is 5.47. The van der Waals surface area contributed by atoms with Gasteiger partial charge in [-0.25, -0.2) is 9.86 Å².